The van der Waals surface area contributed by atoms with E-state index in [2.05, 4.69) is 49.1 Å². The Balaban J connectivity index is 1.50. The van der Waals surface area contributed by atoms with Crippen molar-refractivity contribution in [2.75, 3.05) is 26.2 Å². The van der Waals surface area contributed by atoms with Crippen molar-refractivity contribution in [3.05, 3.63) is 69.2 Å². The molecule has 5 heteroatoms. The summed E-state index contributed by atoms with van der Waals surface area (Å²) in [4.78, 5) is 2.42. The van der Waals surface area contributed by atoms with E-state index in [9.17, 15) is 0 Å². The maximum absolute atomic E-state index is 6.24. The zero-order valence-corrected chi connectivity index (χ0v) is 15.2. The molecule has 0 N–H and O–H groups in total. The molecule has 0 atom stereocenters. The van der Waals surface area contributed by atoms with Gasteiger partial charge in [0.2, 0.25) is 0 Å². The molecule has 0 unspecified atom stereocenters. The second-order valence-electron chi connectivity index (χ2n) is 5.62. The van der Waals surface area contributed by atoms with Gasteiger partial charge in [0.1, 0.15) is 0 Å². The van der Waals surface area contributed by atoms with Crippen LogP contribution in [0.5, 0.6) is 0 Å². The minimum absolute atomic E-state index is 0.850. The monoisotopic (exact) mass is 391 g/mol. The van der Waals surface area contributed by atoms with Gasteiger partial charge in [-0.1, -0.05) is 57.9 Å². The molecule has 0 aromatic heterocycles. The second-order valence-corrected chi connectivity index (χ2v) is 6.94. The summed E-state index contributed by atoms with van der Waals surface area (Å²) in [6.07, 6.45) is 1.93. The molecule has 2 aromatic rings. The number of piperazine rings is 1. The molecule has 0 amide bonds. The lowest BCUT2D eigenvalue weighted by Gasteiger charge is -2.33. The number of nitrogens with zero attached hydrogens (tertiary/aromatic N) is 3. The van der Waals surface area contributed by atoms with Gasteiger partial charge in [0.25, 0.3) is 0 Å². The zero-order chi connectivity index (χ0) is 16.1. The van der Waals surface area contributed by atoms with Crippen LogP contribution in [0, 0.1) is 0 Å². The van der Waals surface area contributed by atoms with Crippen LogP contribution in [0.25, 0.3) is 0 Å². The molecule has 1 fully saturated rings. The standard InChI is InChI=1S/C18H19BrClN3/c19-17-7-5-15(6-8-17)13-21-23-11-9-22(10-12-23)14-16-3-1-2-4-18(16)20/h1-8,13H,9-12,14H2/b21-13-. The Morgan fingerprint density at radius 1 is 1.00 bits per heavy atom. The normalized spacial score (nSPS) is 16.2. The second kappa shape index (κ2) is 7.95. The highest BCUT2D eigenvalue weighted by Crippen LogP contribution is 2.18. The topological polar surface area (TPSA) is 18.8 Å². The Labute approximate surface area is 150 Å². The molecule has 0 saturated carbocycles. The van der Waals surface area contributed by atoms with Gasteiger partial charge in [0.05, 0.1) is 6.21 Å². The fraction of sp³-hybridized carbons (Fsp3) is 0.278. The fourth-order valence-electron chi connectivity index (χ4n) is 2.58. The Hall–Kier alpha value is -1.36. The van der Waals surface area contributed by atoms with Crippen LogP contribution in [0.1, 0.15) is 11.1 Å². The fourth-order valence-corrected chi connectivity index (χ4v) is 3.04. The molecular formula is C18H19BrClN3. The summed E-state index contributed by atoms with van der Waals surface area (Å²) in [6.45, 7) is 4.80. The van der Waals surface area contributed by atoms with E-state index in [0.29, 0.717) is 0 Å². The van der Waals surface area contributed by atoms with Crippen molar-refractivity contribution in [1.29, 1.82) is 0 Å². The largest absolute Gasteiger partial charge is 0.295 e. The smallest absolute Gasteiger partial charge is 0.0542 e. The van der Waals surface area contributed by atoms with Gasteiger partial charge in [-0.2, -0.15) is 5.10 Å². The first-order valence-electron chi connectivity index (χ1n) is 7.71. The van der Waals surface area contributed by atoms with Gasteiger partial charge in [-0.3, -0.25) is 9.91 Å². The molecule has 3 rings (SSSR count). The van der Waals surface area contributed by atoms with Gasteiger partial charge in [0.15, 0.2) is 0 Å². The molecule has 120 valence electrons. The third kappa shape index (κ3) is 4.80. The SMILES string of the molecule is Clc1ccccc1CN1CCN(/N=C\c2ccc(Br)cc2)CC1. The molecule has 0 radical (unpaired) electrons. The highest BCUT2D eigenvalue weighted by atomic mass is 79.9. The van der Waals surface area contributed by atoms with Crippen molar-refractivity contribution >= 4 is 33.7 Å². The highest BCUT2D eigenvalue weighted by Gasteiger charge is 2.16. The van der Waals surface area contributed by atoms with Gasteiger partial charge in [0, 0.05) is 42.2 Å². The predicted molar refractivity (Wildman–Crippen MR) is 100 cm³/mol. The van der Waals surface area contributed by atoms with Crippen LogP contribution in [0.3, 0.4) is 0 Å². The summed E-state index contributed by atoms with van der Waals surface area (Å²) in [7, 11) is 0. The van der Waals surface area contributed by atoms with Crippen LogP contribution in [-0.4, -0.2) is 42.3 Å². The summed E-state index contributed by atoms with van der Waals surface area (Å²) < 4.78 is 1.09. The quantitative estimate of drug-likeness (QED) is 0.724. The molecular weight excluding hydrogens is 374 g/mol. The van der Waals surface area contributed by atoms with E-state index < -0.39 is 0 Å². The van der Waals surface area contributed by atoms with Crippen molar-refractivity contribution < 1.29 is 0 Å². The van der Waals surface area contributed by atoms with E-state index >= 15 is 0 Å². The van der Waals surface area contributed by atoms with E-state index in [1.54, 1.807) is 0 Å². The average Bonchev–Trinajstić information content (AvgIpc) is 2.58. The van der Waals surface area contributed by atoms with Crippen LogP contribution in [0.4, 0.5) is 0 Å². The van der Waals surface area contributed by atoms with Crippen molar-refractivity contribution in [2.45, 2.75) is 6.54 Å². The van der Waals surface area contributed by atoms with Gasteiger partial charge in [-0.05, 0) is 29.3 Å². The van der Waals surface area contributed by atoms with E-state index in [-0.39, 0.29) is 0 Å². The van der Waals surface area contributed by atoms with Crippen molar-refractivity contribution in [3.8, 4) is 0 Å². The number of hydrazone groups is 1. The third-order valence-corrected chi connectivity index (χ3v) is 4.84. The lowest BCUT2D eigenvalue weighted by Crippen LogP contribution is -2.43. The van der Waals surface area contributed by atoms with Crippen LogP contribution in [0.15, 0.2) is 58.1 Å². The summed E-state index contributed by atoms with van der Waals surface area (Å²) in [6, 6.07) is 16.2. The third-order valence-electron chi connectivity index (χ3n) is 3.94. The van der Waals surface area contributed by atoms with Gasteiger partial charge in [-0.15, -0.1) is 0 Å². The molecule has 0 bridgehead atoms. The molecule has 0 spiro atoms. The van der Waals surface area contributed by atoms with E-state index in [0.717, 1.165) is 47.8 Å². The lowest BCUT2D eigenvalue weighted by atomic mass is 10.2. The van der Waals surface area contributed by atoms with E-state index in [4.69, 9.17) is 11.6 Å². The molecule has 1 aliphatic rings. The maximum Gasteiger partial charge on any atom is 0.0542 e. The highest BCUT2D eigenvalue weighted by molar-refractivity contribution is 9.10. The average molecular weight is 393 g/mol. The number of hydrogen-bond acceptors (Lipinski definition) is 3. The Morgan fingerprint density at radius 2 is 1.70 bits per heavy atom. The first kappa shape index (κ1) is 16.5. The van der Waals surface area contributed by atoms with Gasteiger partial charge in [-0.25, -0.2) is 0 Å². The lowest BCUT2D eigenvalue weighted by molar-refractivity contribution is 0.131. The molecule has 0 aliphatic carbocycles. The molecule has 23 heavy (non-hydrogen) atoms. The van der Waals surface area contributed by atoms with E-state index in [1.807, 2.05) is 36.5 Å². The van der Waals surface area contributed by atoms with Crippen LogP contribution in [-0.2, 0) is 6.54 Å². The van der Waals surface area contributed by atoms with Gasteiger partial charge >= 0.3 is 0 Å². The summed E-state index contributed by atoms with van der Waals surface area (Å²) in [5, 5.41) is 7.56. The molecule has 2 aromatic carbocycles. The van der Waals surface area contributed by atoms with Crippen LogP contribution < -0.4 is 0 Å². The molecule has 3 nitrogen and oxygen atoms in total. The minimum Gasteiger partial charge on any atom is -0.295 e. The number of benzene rings is 2. The van der Waals surface area contributed by atoms with Crippen molar-refractivity contribution in [2.24, 2.45) is 5.10 Å². The summed E-state index contributed by atoms with van der Waals surface area (Å²) >= 11 is 9.68. The number of hydrogen-bond donors (Lipinski definition) is 0. The molecule has 1 aliphatic heterocycles. The van der Waals surface area contributed by atoms with Crippen LogP contribution >= 0.6 is 27.5 Å². The van der Waals surface area contributed by atoms with Crippen molar-refractivity contribution in [1.82, 2.24) is 9.91 Å². The summed E-state index contributed by atoms with van der Waals surface area (Å²) in [5.41, 5.74) is 2.31. The number of rotatable bonds is 4. The van der Waals surface area contributed by atoms with Crippen LogP contribution in [0.2, 0.25) is 5.02 Å². The molecule has 1 heterocycles. The summed E-state index contributed by atoms with van der Waals surface area (Å²) in [5.74, 6) is 0. The zero-order valence-electron chi connectivity index (χ0n) is 12.8. The maximum atomic E-state index is 6.24. The molecule has 1 saturated heterocycles. The van der Waals surface area contributed by atoms with Gasteiger partial charge < -0.3 is 0 Å². The van der Waals surface area contributed by atoms with E-state index in [1.165, 1.54) is 5.56 Å². The van der Waals surface area contributed by atoms with Crippen molar-refractivity contribution in [3.63, 3.8) is 0 Å². The first-order chi connectivity index (χ1) is 11.2. The Morgan fingerprint density at radius 3 is 2.39 bits per heavy atom. The predicted octanol–water partition coefficient (Wildman–Crippen LogP) is 4.25. The first-order valence-corrected chi connectivity index (χ1v) is 8.88. The Bertz CT molecular complexity index is 664. The number of halogens is 2. The Kier molecular flexibility index (Phi) is 5.70. The minimum atomic E-state index is 0.850.